The van der Waals surface area contributed by atoms with Gasteiger partial charge in [0.05, 0.1) is 12.6 Å². The number of para-hydroxylation sites is 1. The molecule has 0 radical (unpaired) electrons. The summed E-state index contributed by atoms with van der Waals surface area (Å²) in [5.74, 6) is 0.838. The number of rotatable bonds is 6. The molecule has 4 rings (SSSR count). The molecule has 1 aliphatic rings. The van der Waals surface area contributed by atoms with Gasteiger partial charge >= 0.3 is 0 Å². The largest absolute Gasteiger partial charge is 0.372 e. The second-order valence-corrected chi connectivity index (χ2v) is 7.73. The molecule has 1 aromatic heterocycles. The molecule has 3 N–H and O–H groups in total. The molecule has 30 heavy (non-hydrogen) atoms. The number of fused-ring (bicyclic) bond motifs is 1. The molecule has 3 aromatic rings. The molecule has 0 saturated carbocycles. The van der Waals surface area contributed by atoms with Crippen LogP contribution in [-0.4, -0.2) is 30.6 Å². The molecule has 0 bridgehead atoms. The van der Waals surface area contributed by atoms with Crippen molar-refractivity contribution in [1.29, 1.82) is 0 Å². The molecule has 1 unspecified atom stereocenters. The lowest BCUT2D eigenvalue weighted by molar-refractivity contribution is 0.685. The molecule has 1 atom stereocenters. The first kappa shape index (κ1) is 22.5. The molecule has 0 amide bonds. The number of hydrogen-bond donors (Lipinski definition) is 3. The van der Waals surface area contributed by atoms with E-state index in [1.54, 1.807) is 0 Å². The number of nitrogens with zero attached hydrogens (tertiary/aromatic N) is 2. The number of H-pyrrole nitrogens is 1. The molecule has 1 saturated heterocycles. The Morgan fingerprint density at radius 3 is 2.67 bits per heavy atom. The van der Waals surface area contributed by atoms with Crippen molar-refractivity contribution in [1.82, 2.24) is 15.6 Å². The molecule has 5 nitrogen and oxygen atoms in total. The van der Waals surface area contributed by atoms with Crippen LogP contribution in [0.2, 0.25) is 0 Å². The van der Waals surface area contributed by atoms with Gasteiger partial charge < -0.3 is 20.5 Å². The number of benzene rings is 2. The van der Waals surface area contributed by atoms with Crippen LogP contribution in [-0.2, 0) is 6.54 Å². The molecule has 160 valence electrons. The smallest absolute Gasteiger partial charge is 0.192 e. The van der Waals surface area contributed by atoms with Crippen molar-refractivity contribution in [2.75, 3.05) is 24.5 Å². The summed E-state index contributed by atoms with van der Waals surface area (Å²) in [5.41, 5.74) is 4.88. The van der Waals surface area contributed by atoms with Crippen molar-refractivity contribution in [3.8, 4) is 0 Å². The number of guanidine groups is 1. The number of hydrogen-bond acceptors (Lipinski definition) is 2. The van der Waals surface area contributed by atoms with E-state index in [0.717, 1.165) is 23.7 Å². The zero-order chi connectivity index (χ0) is 20.1. The van der Waals surface area contributed by atoms with Gasteiger partial charge in [-0.2, -0.15) is 0 Å². The summed E-state index contributed by atoms with van der Waals surface area (Å²) in [6, 6.07) is 19.6. The summed E-state index contributed by atoms with van der Waals surface area (Å²) < 4.78 is 0. The summed E-state index contributed by atoms with van der Waals surface area (Å²) in [6.45, 7) is 8.07. The average Bonchev–Trinajstić information content (AvgIpc) is 3.42. The lowest BCUT2D eigenvalue weighted by atomic mass is 10.1. The van der Waals surface area contributed by atoms with Crippen molar-refractivity contribution in [3.05, 3.63) is 65.9 Å². The second kappa shape index (κ2) is 10.7. The monoisotopic (exact) mass is 517 g/mol. The number of anilines is 1. The summed E-state index contributed by atoms with van der Waals surface area (Å²) >= 11 is 0. The maximum absolute atomic E-state index is 4.80. The molecule has 0 aliphatic carbocycles. The predicted octanol–water partition coefficient (Wildman–Crippen LogP) is 5.20. The van der Waals surface area contributed by atoms with Crippen molar-refractivity contribution >= 4 is 46.5 Å². The molecule has 2 aromatic carbocycles. The highest BCUT2D eigenvalue weighted by atomic mass is 127. The standard InChI is InChI=1S/C24H31N5.HI/c1-3-25-24(26-17-21-15-20-9-4-5-12-23(20)28-21)27-18(2)19-10-8-11-22(16-19)29-13-6-7-14-29;/h4-5,8-12,15-16,18,28H,3,6-7,13-14,17H2,1-2H3,(H2,25,26,27);1H. The Labute approximate surface area is 196 Å². The number of nitrogens with one attached hydrogen (secondary N) is 3. The van der Waals surface area contributed by atoms with Crippen molar-refractivity contribution in [2.45, 2.75) is 39.3 Å². The van der Waals surface area contributed by atoms with Crippen LogP contribution >= 0.6 is 24.0 Å². The predicted molar refractivity (Wildman–Crippen MR) is 138 cm³/mol. The fourth-order valence-corrected chi connectivity index (χ4v) is 3.96. The first-order valence-electron chi connectivity index (χ1n) is 10.7. The van der Waals surface area contributed by atoms with Gasteiger partial charge in [-0.15, -0.1) is 24.0 Å². The van der Waals surface area contributed by atoms with Crippen molar-refractivity contribution in [3.63, 3.8) is 0 Å². The van der Waals surface area contributed by atoms with Gasteiger partial charge in [-0.25, -0.2) is 4.99 Å². The maximum atomic E-state index is 4.80. The van der Waals surface area contributed by atoms with Gasteiger partial charge in [-0.1, -0.05) is 30.3 Å². The molecule has 6 heteroatoms. The third-order valence-electron chi connectivity index (χ3n) is 5.53. The number of halogens is 1. The fourth-order valence-electron chi connectivity index (χ4n) is 3.96. The van der Waals surface area contributed by atoms with E-state index in [2.05, 4.69) is 89.0 Å². The van der Waals surface area contributed by atoms with Crippen LogP contribution in [0.5, 0.6) is 0 Å². The fraction of sp³-hybridized carbons (Fsp3) is 0.375. The minimum atomic E-state index is 0. The highest BCUT2D eigenvalue weighted by molar-refractivity contribution is 14.0. The molecule has 1 aliphatic heterocycles. The summed E-state index contributed by atoms with van der Waals surface area (Å²) in [4.78, 5) is 10.7. The van der Waals surface area contributed by atoms with Crippen LogP contribution in [0.3, 0.4) is 0 Å². The molecule has 0 spiro atoms. The Hall–Kier alpha value is -2.22. The van der Waals surface area contributed by atoms with Gasteiger partial charge in [0.25, 0.3) is 0 Å². The van der Waals surface area contributed by atoms with E-state index in [0.29, 0.717) is 6.54 Å². The van der Waals surface area contributed by atoms with Gasteiger partial charge in [-0.3, -0.25) is 0 Å². The van der Waals surface area contributed by atoms with E-state index >= 15 is 0 Å². The normalized spacial score (nSPS) is 15.1. The third kappa shape index (κ3) is 5.47. The molecular formula is C24H32IN5. The summed E-state index contributed by atoms with van der Waals surface area (Å²) in [7, 11) is 0. The maximum Gasteiger partial charge on any atom is 0.192 e. The van der Waals surface area contributed by atoms with Crippen molar-refractivity contribution < 1.29 is 0 Å². The lowest BCUT2D eigenvalue weighted by Crippen LogP contribution is -2.38. The topological polar surface area (TPSA) is 55.5 Å². The van der Waals surface area contributed by atoms with Crippen LogP contribution in [0.1, 0.15) is 44.0 Å². The van der Waals surface area contributed by atoms with E-state index in [9.17, 15) is 0 Å². The van der Waals surface area contributed by atoms with Gasteiger partial charge in [-0.05, 0) is 61.9 Å². The van der Waals surface area contributed by atoms with E-state index in [1.807, 2.05) is 0 Å². The molecular weight excluding hydrogens is 485 g/mol. The van der Waals surface area contributed by atoms with Crippen LogP contribution in [0.4, 0.5) is 5.69 Å². The first-order valence-corrected chi connectivity index (χ1v) is 10.7. The van der Waals surface area contributed by atoms with Crippen LogP contribution < -0.4 is 15.5 Å². The lowest BCUT2D eigenvalue weighted by Gasteiger charge is -2.22. The first-order chi connectivity index (χ1) is 14.2. The van der Waals surface area contributed by atoms with Gasteiger partial charge in [0.1, 0.15) is 0 Å². The molecule has 2 heterocycles. The minimum Gasteiger partial charge on any atom is -0.372 e. The average molecular weight is 517 g/mol. The Morgan fingerprint density at radius 1 is 1.10 bits per heavy atom. The number of aromatic nitrogens is 1. The Kier molecular flexibility index (Phi) is 8.01. The number of aliphatic imine (C=N–C) groups is 1. The van der Waals surface area contributed by atoms with Crippen LogP contribution in [0.15, 0.2) is 59.6 Å². The van der Waals surface area contributed by atoms with Gasteiger partial charge in [0.15, 0.2) is 5.96 Å². The SMILES string of the molecule is CCNC(=NCc1cc2ccccc2[nH]1)NC(C)c1cccc(N2CCCC2)c1.I. The van der Waals surface area contributed by atoms with Crippen molar-refractivity contribution in [2.24, 2.45) is 4.99 Å². The van der Waals surface area contributed by atoms with Crippen LogP contribution in [0.25, 0.3) is 10.9 Å². The Morgan fingerprint density at radius 2 is 1.90 bits per heavy atom. The summed E-state index contributed by atoms with van der Waals surface area (Å²) in [5, 5.41) is 8.16. The Bertz CT molecular complexity index is 941. The zero-order valence-electron chi connectivity index (χ0n) is 17.8. The molecule has 1 fully saturated rings. The van der Waals surface area contributed by atoms with Gasteiger partial charge in [0, 0.05) is 36.5 Å². The quantitative estimate of drug-likeness (QED) is 0.239. The van der Waals surface area contributed by atoms with E-state index < -0.39 is 0 Å². The second-order valence-electron chi connectivity index (χ2n) is 7.73. The number of aromatic amines is 1. The Balaban J connectivity index is 0.00000256. The highest BCUT2D eigenvalue weighted by Crippen LogP contribution is 2.24. The zero-order valence-corrected chi connectivity index (χ0v) is 20.1. The van der Waals surface area contributed by atoms with Gasteiger partial charge in [0.2, 0.25) is 0 Å². The van der Waals surface area contributed by atoms with E-state index in [-0.39, 0.29) is 30.0 Å². The van der Waals surface area contributed by atoms with E-state index in [1.165, 1.54) is 42.6 Å². The third-order valence-corrected chi connectivity index (χ3v) is 5.53. The highest BCUT2D eigenvalue weighted by Gasteiger charge is 2.14. The minimum absolute atomic E-state index is 0. The van der Waals surface area contributed by atoms with E-state index in [4.69, 9.17) is 4.99 Å². The summed E-state index contributed by atoms with van der Waals surface area (Å²) in [6.07, 6.45) is 2.59. The van der Waals surface area contributed by atoms with Crippen LogP contribution in [0, 0.1) is 0 Å².